The van der Waals surface area contributed by atoms with Crippen molar-refractivity contribution in [3.8, 4) is 0 Å². The van der Waals surface area contributed by atoms with Gasteiger partial charge in [-0.15, -0.1) is 0 Å². The molecule has 1 aromatic rings. The maximum absolute atomic E-state index is 13.1. The minimum Gasteiger partial charge on any atom is -0.498 e. The van der Waals surface area contributed by atoms with E-state index in [2.05, 4.69) is 13.2 Å². The quantitative estimate of drug-likeness (QED) is 0.254. The van der Waals surface area contributed by atoms with E-state index in [-0.39, 0.29) is 16.7 Å². The van der Waals surface area contributed by atoms with Crippen molar-refractivity contribution in [3.05, 3.63) is 53.8 Å². The molecule has 1 rings (SSSR count). The van der Waals surface area contributed by atoms with E-state index in [4.69, 9.17) is 8.92 Å². The monoisotopic (exact) mass is 448 g/mol. The molecule has 0 aromatic heterocycles. The van der Waals surface area contributed by atoms with Crippen molar-refractivity contribution in [2.75, 3.05) is 13.2 Å². The van der Waals surface area contributed by atoms with Crippen LogP contribution in [0.3, 0.4) is 0 Å². The second-order valence-electron chi connectivity index (χ2n) is 8.78. The molecule has 8 heteroatoms. The van der Waals surface area contributed by atoms with Gasteiger partial charge < -0.3 is 4.74 Å². The molecule has 0 amide bonds. The maximum atomic E-state index is 13.1. The molecule has 0 spiro atoms. The zero-order valence-corrected chi connectivity index (χ0v) is 19.3. The second-order valence-corrected chi connectivity index (χ2v) is 10.4. The predicted molar refractivity (Wildman–Crippen MR) is 111 cm³/mol. The number of halogens is 3. The molecule has 170 valence electrons. The number of benzene rings is 1. The summed E-state index contributed by atoms with van der Waals surface area (Å²) < 4.78 is 75.4. The molecule has 0 saturated heterocycles. The summed E-state index contributed by atoms with van der Waals surface area (Å²) in [5.41, 5.74) is -1.42. The van der Waals surface area contributed by atoms with Gasteiger partial charge >= 0.3 is 6.18 Å². The highest BCUT2D eigenvalue weighted by atomic mass is 32.2. The summed E-state index contributed by atoms with van der Waals surface area (Å²) in [6.45, 7) is 18.8. The van der Waals surface area contributed by atoms with Gasteiger partial charge in [-0.05, 0) is 56.4 Å². The van der Waals surface area contributed by atoms with Crippen LogP contribution < -0.4 is 0 Å². The second kappa shape index (κ2) is 9.14. The van der Waals surface area contributed by atoms with Gasteiger partial charge in [0.2, 0.25) is 0 Å². The zero-order valence-electron chi connectivity index (χ0n) is 18.4. The van der Waals surface area contributed by atoms with Gasteiger partial charge in [0.15, 0.2) is 0 Å². The van der Waals surface area contributed by atoms with Gasteiger partial charge in [-0.3, -0.25) is 4.18 Å². The van der Waals surface area contributed by atoms with Crippen molar-refractivity contribution in [1.82, 2.24) is 0 Å². The summed E-state index contributed by atoms with van der Waals surface area (Å²) >= 11 is 0. The predicted octanol–water partition coefficient (Wildman–Crippen LogP) is 6.27. The molecule has 1 unspecified atom stereocenters. The smallest absolute Gasteiger partial charge is 0.416 e. The molecule has 0 aliphatic carbocycles. The fourth-order valence-corrected chi connectivity index (χ4v) is 4.00. The van der Waals surface area contributed by atoms with Gasteiger partial charge in [-0.2, -0.15) is 21.6 Å². The number of ether oxygens (including phenoxy) is 1. The van der Waals surface area contributed by atoms with Gasteiger partial charge in [0.05, 0.1) is 29.1 Å². The third-order valence-corrected chi connectivity index (χ3v) is 5.87. The van der Waals surface area contributed by atoms with Crippen LogP contribution in [0.5, 0.6) is 0 Å². The molecule has 0 bridgehead atoms. The number of rotatable bonds is 9. The summed E-state index contributed by atoms with van der Waals surface area (Å²) in [7, 11) is -4.46. The number of hydrogen-bond acceptors (Lipinski definition) is 4. The van der Waals surface area contributed by atoms with Gasteiger partial charge in [0.1, 0.15) is 5.76 Å². The molecule has 0 heterocycles. The van der Waals surface area contributed by atoms with Crippen LogP contribution in [0.4, 0.5) is 13.2 Å². The normalized spacial score (nSPS) is 14.8. The lowest BCUT2D eigenvalue weighted by Crippen LogP contribution is -2.32. The van der Waals surface area contributed by atoms with Gasteiger partial charge in [-0.1, -0.05) is 39.5 Å². The first-order valence-electron chi connectivity index (χ1n) is 9.51. The Kier molecular flexibility index (Phi) is 7.99. The summed E-state index contributed by atoms with van der Waals surface area (Å²) in [5.74, 6) is 0.287. The Balaban J connectivity index is 3.26. The van der Waals surface area contributed by atoms with Crippen molar-refractivity contribution in [3.63, 3.8) is 0 Å². The summed E-state index contributed by atoms with van der Waals surface area (Å²) in [6.07, 6.45) is -4.13. The van der Waals surface area contributed by atoms with Gasteiger partial charge in [0, 0.05) is 0 Å². The van der Waals surface area contributed by atoms with Crippen LogP contribution in [-0.2, 0) is 25.2 Å². The molecule has 0 fully saturated rings. The molecule has 30 heavy (non-hydrogen) atoms. The lowest BCUT2D eigenvalue weighted by Gasteiger charge is -2.35. The summed E-state index contributed by atoms with van der Waals surface area (Å²) in [4.78, 5) is -0.555. The molecule has 1 atom stereocenters. The van der Waals surface area contributed by atoms with E-state index in [9.17, 15) is 21.6 Å². The van der Waals surface area contributed by atoms with E-state index in [1.165, 1.54) is 6.92 Å². The number of hydrogen-bond donors (Lipinski definition) is 0. The first-order chi connectivity index (χ1) is 13.4. The Morgan fingerprint density at radius 2 is 1.63 bits per heavy atom. The Morgan fingerprint density at radius 3 is 2.10 bits per heavy atom. The molecule has 0 N–H and O–H groups in total. The molecule has 0 aliphatic heterocycles. The standard InChI is InChI=1S/C22H31F3O4S/c1-9-28-17(4)21(8,16(3)13-20(5,6)7)14-29-30(26,27)19-11-15(2)10-18(12-19)22(23,24)25/h10-12H,3-4,9,13-14H2,1-2,5-8H3. The number of aryl methyl sites for hydroxylation is 1. The largest absolute Gasteiger partial charge is 0.498 e. The zero-order chi connectivity index (χ0) is 23.5. The van der Waals surface area contributed by atoms with Crippen LogP contribution in [-0.4, -0.2) is 21.6 Å². The van der Waals surface area contributed by atoms with Gasteiger partial charge in [0.25, 0.3) is 10.1 Å². The molecular weight excluding hydrogens is 417 g/mol. The minimum absolute atomic E-state index is 0.137. The Hall–Kier alpha value is -1.80. The van der Waals surface area contributed by atoms with E-state index in [1.807, 2.05) is 20.8 Å². The van der Waals surface area contributed by atoms with Gasteiger partial charge in [-0.25, -0.2) is 0 Å². The average molecular weight is 449 g/mol. The summed E-state index contributed by atoms with van der Waals surface area (Å²) in [6, 6.07) is 2.59. The molecule has 0 saturated carbocycles. The van der Waals surface area contributed by atoms with Crippen LogP contribution in [0.15, 0.2) is 47.6 Å². The lowest BCUT2D eigenvalue weighted by atomic mass is 9.74. The van der Waals surface area contributed by atoms with E-state index < -0.39 is 38.8 Å². The molecule has 0 radical (unpaired) electrons. The highest BCUT2D eigenvalue weighted by Gasteiger charge is 2.38. The van der Waals surface area contributed by atoms with Crippen molar-refractivity contribution in [2.45, 2.75) is 59.0 Å². The molecule has 0 aliphatic rings. The van der Waals surface area contributed by atoms with Crippen molar-refractivity contribution in [1.29, 1.82) is 0 Å². The summed E-state index contributed by atoms with van der Waals surface area (Å²) in [5, 5.41) is 0. The fraction of sp³-hybridized carbons (Fsp3) is 0.545. The average Bonchev–Trinajstić information content (AvgIpc) is 2.57. The van der Waals surface area contributed by atoms with Crippen molar-refractivity contribution >= 4 is 10.1 Å². The Labute approximate surface area is 177 Å². The highest BCUT2D eigenvalue weighted by Crippen LogP contribution is 2.41. The first kappa shape index (κ1) is 26.2. The topological polar surface area (TPSA) is 52.6 Å². The maximum Gasteiger partial charge on any atom is 0.416 e. The number of alkyl halides is 3. The Bertz CT molecular complexity index is 896. The molecule has 1 aromatic carbocycles. The van der Waals surface area contributed by atoms with E-state index in [0.717, 1.165) is 12.1 Å². The van der Waals surface area contributed by atoms with Crippen LogP contribution in [0.25, 0.3) is 0 Å². The van der Waals surface area contributed by atoms with Crippen LogP contribution in [0, 0.1) is 17.8 Å². The van der Waals surface area contributed by atoms with Crippen LogP contribution >= 0.6 is 0 Å². The Morgan fingerprint density at radius 1 is 1.07 bits per heavy atom. The minimum atomic E-state index is -4.67. The molecule has 4 nitrogen and oxygen atoms in total. The lowest BCUT2D eigenvalue weighted by molar-refractivity contribution is -0.137. The van der Waals surface area contributed by atoms with E-state index in [1.54, 1.807) is 13.8 Å². The first-order valence-corrected chi connectivity index (χ1v) is 10.9. The fourth-order valence-electron chi connectivity index (χ4n) is 2.87. The van der Waals surface area contributed by atoms with Crippen LogP contribution in [0.2, 0.25) is 0 Å². The molecular formula is C22H31F3O4S. The van der Waals surface area contributed by atoms with E-state index in [0.29, 0.717) is 24.7 Å². The van der Waals surface area contributed by atoms with E-state index >= 15 is 0 Å². The van der Waals surface area contributed by atoms with Crippen molar-refractivity contribution in [2.24, 2.45) is 10.8 Å². The highest BCUT2D eigenvalue weighted by molar-refractivity contribution is 7.86. The van der Waals surface area contributed by atoms with Crippen molar-refractivity contribution < 1.29 is 30.5 Å². The van der Waals surface area contributed by atoms with Crippen LogP contribution in [0.1, 0.15) is 52.2 Å². The third kappa shape index (κ3) is 6.87. The SMILES string of the molecule is C=C(CC(C)(C)C)C(C)(COS(=O)(=O)c1cc(C)cc(C(F)(F)F)c1)C(=C)OCC. The third-order valence-electron chi connectivity index (χ3n) is 4.63.